The van der Waals surface area contributed by atoms with Crippen molar-refractivity contribution in [3.63, 3.8) is 0 Å². The molecular weight excluding hydrogens is 495 g/mol. The first kappa shape index (κ1) is 25.6. The minimum absolute atomic E-state index is 0.0447. The molecule has 0 aliphatic heterocycles. The Bertz CT molecular complexity index is 1430. The van der Waals surface area contributed by atoms with Crippen molar-refractivity contribution >= 4 is 23.2 Å². The number of primary amides is 1. The number of nitrogens with one attached hydrogen (secondary N) is 1. The second-order valence-electron chi connectivity index (χ2n) is 9.96. The topological polar surface area (TPSA) is 170 Å². The normalized spacial score (nSPS) is 24.7. The molecule has 1 fully saturated rings. The molecule has 38 heavy (non-hydrogen) atoms. The standard InChI is InChI=1S/C28H27FN2O7/c29-7-8-31-12-13-1-3-14(4-2-13)17-5-6-19(32)22-18(17)10-15-9-16-11-20(33)23(27(30)37)26(36)28(16,38)25(35)21(15)24(22)34/h1-6,15-16,31-32,34,36,38H,7-12H2,(H2,30,37). The number of aliphatic hydroxyl groups is 3. The van der Waals surface area contributed by atoms with Gasteiger partial charge in [0.2, 0.25) is 5.78 Å². The first-order chi connectivity index (χ1) is 18.1. The quantitative estimate of drug-likeness (QED) is 0.248. The highest BCUT2D eigenvalue weighted by Gasteiger charge is 2.60. The van der Waals surface area contributed by atoms with Crippen LogP contribution >= 0.6 is 0 Å². The van der Waals surface area contributed by atoms with E-state index in [4.69, 9.17) is 5.73 Å². The molecule has 3 unspecified atom stereocenters. The molecule has 1 amide bonds. The summed E-state index contributed by atoms with van der Waals surface area (Å²) in [6.45, 7) is 0.284. The van der Waals surface area contributed by atoms with Gasteiger partial charge < -0.3 is 31.5 Å². The number of aromatic hydroxyl groups is 1. The summed E-state index contributed by atoms with van der Waals surface area (Å²) in [5.41, 5.74) is 4.73. The van der Waals surface area contributed by atoms with Gasteiger partial charge in [-0.15, -0.1) is 0 Å². The lowest BCUT2D eigenvalue weighted by Crippen LogP contribution is -2.58. The van der Waals surface area contributed by atoms with Crippen LogP contribution in [0.2, 0.25) is 0 Å². The van der Waals surface area contributed by atoms with E-state index in [1.54, 1.807) is 6.07 Å². The van der Waals surface area contributed by atoms with Crippen molar-refractivity contribution in [2.45, 2.75) is 31.4 Å². The Kier molecular flexibility index (Phi) is 6.32. The van der Waals surface area contributed by atoms with Gasteiger partial charge in [0.25, 0.3) is 5.91 Å². The third kappa shape index (κ3) is 3.79. The number of hydrogen-bond donors (Lipinski definition) is 6. The number of phenols is 1. The van der Waals surface area contributed by atoms with Gasteiger partial charge in [-0.3, -0.25) is 14.4 Å². The molecule has 0 heterocycles. The van der Waals surface area contributed by atoms with Crippen LogP contribution in [-0.4, -0.2) is 56.7 Å². The number of carbonyl (C=O) groups is 3. The minimum Gasteiger partial charge on any atom is -0.508 e. The molecule has 3 aliphatic carbocycles. The average molecular weight is 523 g/mol. The lowest BCUT2D eigenvalue weighted by atomic mass is 9.59. The van der Waals surface area contributed by atoms with Gasteiger partial charge in [-0.2, -0.15) is 0 Å². The van der Waals surface area contributed by atoms with E-state index in [1.807, 2.05) is 24.3 Å². The van der Waals surface area contributed by atoms with Crippen molar-refractivity contribution < 1.29 is 39.2 Å². The number of aliphatic hydroxyl groups excluding tert-OH is 2. The number of carbonyl (C=O) groups excluding carboxylic acids is 3. The molecule has 198 valence electrons. The highest BCUT2D eigenvalue weighted by Crippen LogP contribution is 2.53. The molecule has 0 radical (unpaired) electrons. The molecular formula is C28H27FN2O7. The summed E-state index contributed by atoms with van der Waals surface area (Å²) in [4.78, 5) is 37.9. The Morgan fingerprint density at radius 2 is 1.79 bits per heavy atom. The molecule has 7 N–H and O–H groups in total. The van der Waals surface area contributed by atoms with Crippen LogP contribution in [0.1, 0.15) is 29.5 Å². The number of nitrogens with two attached hydrogens (primary N) is 1. The van der Waals surface area contributed by atoms with E-state index in [-0.39, 0.29) is 42.7 Å². The Morgan fingerprint density at radius 1 is 1.08 bits per heavy atom. The molecule has 1 saturated carbocycles. The number of amides is 1. The van der Waals surface area contributed by atoms with Gasteiger partial charge in [-0.1, -0.05) is 30.3 Å². The van der Waals surface area contributed by atoms with Crippen LogP contribution < -0.4 is 11.1 Å². The Morgan fingerprint density at radius 3 is 2.45 bits per heavy atom. The molecule has 2 aromatic carbocycles. The second kappa shape index (κ2) is 9.38. The molecule has 0 spiro atoms. The first-order valence-corrected chi connectivity index (χ1v) is 12.3. The molecule has 0 bridgehead atoms. The zero-order valence-corrected chi connectivity index (χ0v) is 20.3. The zero-order chi connectivity index (χ0) is 27.4. The van der Waals surface area contributed by atoms with Crippen LogP contribution in [0.5, 0.6) is 5.75 Å². The number of benzene rings is 2. The fourth-order valence-electron chi connectivity index (χ4n) is 5.99. The average Bonchev–Trinajstić information content (AvgIpc) is 2.87. The van der Waals surface area contributed by atoms with Crippen LogP contribution in [0.15, 0.2) is 53.3 Å². The highest BCUT2D eigenvalue weighted by molar-refractivity contribution is 6.22. The molecule has 0 saturated heterocycles. The Balaban J connectivity index is 1.59. The van der Waals surface area contributed by atoms with E-state index >= 15 is 0 Å². The van der Waals surface area contributed by atoms with Gasteiger partial charge in [0.1, 0.15) is 29.5 Å². The minimum atomic E-state index is -2.59. The number of halogens is 1. The van der Waals surface area contributed by atoms with Gasteiger partial charge in [-0.05, 0) is 47.1 Å². The third-order valence-corrected chi connectivity index (χ3v) is 7.81. The summed E-state index contributed by atoms with van der Waals surface area (Å²) >= 11 is 0. The zero-order valence-electron chi connectivity index (χ0n) is 20.3. The number of Topliss-reactive ketones (excluding diaryl/α,β-unsaturated/α-hetero) is 2. The van der Waals surface area contributed by atoms with Crippen LogP contribution in [0.4, 0.5) is 4.39 Å². The summed E-state index contributed by atoms with van der Waals surface area (Å²) in [5.74, 6) is -6.56. The summed E-state index contributed by atoms with van der Waals surface area (Å²) in [6.07, 6.45) is -0.0815. The molecule has 9 nitrogen and oxygen atoms in total. The van der Waals surface area contributed by atoms with Crippen molar-refractivity contribution in [2.75, 3.05) is 13.2 Å². The fourth-order valence-corrected chi connectivity index (χ4v) is 5.99. The highest BCUT2D eigenvalue weighted by atomic mass is 19.1. The SMILES string of the molecule is NC(=O)C1=C(O)C2(O)C(=O)C3=C(O)c4c(O)ccc(-c5ccc(CNCCF)cc5)c4CC3CC2CC1=O. The monoisotopic (exact) mass is 522 g/mol. The lowest BCUT2D eigenvalue weighted by Gasteiger charge is -2.46. The summed E-state index contributed by atoms with van der Waals surface area (Å²) < 4.78 is 12.4. The van der Waals surface area contributed by atoms with Gasteiger partial charge in [-0.25, -0.2) is 4.39 Å². The molecule has 10 heteroatoms. The predicted molar refractivity (Wildman–Crippen MR) is 135 cm³/mol. The lowest BCUT2D eigenvalue weighted by molar-refractivity contribution is -0.147. The van der Waals surface area contributed by atoms with Crippen molar-refractivity contribution in [1.29, 1.82) is 0 Å². The largest absolute Gasteiger partial charge is 0.508 e. The van der Waals surface area contributed by atoms with E-state index in [2.05, 4.69) is 5.32 Å². The van der Waals surface area contributed by atoms with Gasteiger partial charge in [0, 0.05) is 31.0 Å². The summed E-state index contributed by atoms with van der Waals surface area (Å²) in [7, 11) is 0. The number of phenolic OH excluding ortho intramolecular Hbond substituents is 1. The van der Waals surface area contributed by atoms with Crippen molar-refractivity contribution in [1.82, 2.24) is 5.32 Å². The number of rotatable bonds is 6. The van der Waals surface area contributed by atoms with E-state index in [9.17, 15) is 39.2 Å². The maximum Gasteiger partial charge on any atom is 0.255 e. The molecule has 3 atom stereocenters. The molecule has 0 aromatic heterocycles. The van der Waals surface area contributed by atoms with Crippen LogP contribution in [0.3, 0.4) is 0 Å². The maximum absolute atomic E-state index is 13.6. The Labute approximate surface area is 217 Å². The van der Waals surface area contributed by atoms with E-state index in [0.717, 1.165) is 16.7 Å². The molecule has 5 rings (SSSR count). The third-order valence-electron chi connectivity index (χ3n) is 7.81. The predicted octanol–water partition coefficient (Wildman–Crippen LogP) is 2.15. The van der Waals surface area contributed by atoms with Crippen LogP contribution in [-0.2, 0) is 27.3 Å². The summed E-state index contributed by atoms with van der Waals surface area (Å²) in [5, 5.41) is 46.9. The Hall–Kier alpha value is -4.02. The molecule has 3 aliphatic rings. The second-order valence-corrected chi connectivity index (χ2v) is 9.96. The van der Waals surface area contributed by atoms with Crippen LogP contribution in [0, 0.1) is 11.8 Å². The van der Waals surface area contributed by atoms with E-state index in [1.165, 1.54) is 6.07 Å². The van der Waals surface area contributed by atoms with Crippen LogP contribution in [0.25, 0.3) is 16.9 Å². The van der Waals surface area contributed by atoms with Crippen molar-refractivity contribution in [3.8, 4) is 16.9 Å². The number of hydrogen-bond acceptors (Lipinski definition) is 8. The molecule has 2 aromatic rings. The number of fused-ring (bicyclic) bond motifs is 3. The first-order valence-electron chi connectivity index (χ1n) is 12.3. The fraction of sp³-hybridized carbons (Fsp3) is 0.321. The summed E-state index contributed by atoms with van der Waals surface area (Å²) in [6, 6.07) is 10.6. The van der Waals surface area contributed by atoms with E-state index in [0.29, 0.717) is 12.1 Å². The van der Waals surface area contributed by atoms with Gasteiger partial charge >= 0.3 is 0 Å². The number of alkyl halides is 1. The van der Waals surface area contributed by atoms with Crippen molar-refractivity contribution in [2.24, 2.45) is 17.6 Å². The number of ketones is 2. The van der Waals surface area contributed by atoms with Gasteiger partial charge in [0.15, 0.2) is 11.4 Å². The smallest absolute Gasteiger partial charge is 0.255 e. The maximum atomic E-state index is 13.6. The van der Waals surface area contributed by atoms with Crippen molar-refractivity contribution in [3.05, 3.63) is 70.0 Å². The van der Waals surface area contributed by atoms with Gasteiger partial charge in [0.05, 0.1) is 5.56 Å². The van der Waals surface area contributed by atoms with E-state index < -0.39 is 58.7 Å².